The summed E-state index contributed by atoms with van der Waals surface area (Å²) in [6.07, 6.45) is 0. The van der Waals surface area contributed by atoms with Crippen LogP contribution in [0.15, 0.2) is 77.7 Å². The Hall–Kier alpha value is -2.45. The van der Waals surface area contributed by atoms with Crippen molar-refractivity contribution in [1.29, 1.82) is 0 Å². The molecule has 0 radical (unpaired) electrons. The molecule has 0 aliphatic rings. The van der Waals surface area contributed by atoms with Crippen molar-refractivity contribution in [2.45, 2.75) is 24.4 Å². The van der Waals surface area contributed by atoms with Crippen LogP contribution in [-0.4, -0.2) is 25.2 Å². The largest absolute Gasteiger partial charge is 0.348 e. The van der Waals surface area contributed by atoms with Crippen LogP contribution in [0, 0.1) is 5.82 Å². The van der Waals surface area contributed by atoms with Gasteiger partial charge in [-0.15, -0.1) is 0 Å². The van der Waals surface area contributed by atoms with Crippen molar-refractivity contribution in [2.24, 2.45) is 0 Å². The van der Waals surface area contributed by atoms with E-state index in [1.807, 2.05) is 0 Å². The third kappa shape index (κ3) is 6.07. The highest BCUT2D eigenvalue weighted by Gasteiger charge is 2.28. The van der Waals surface area contributed by atoms with E-state index in [4.69, 9.17) is 23.2 Å². The minimum Gasteiger partial charge on any atom is -0.348 e. The van der Waals surface area contributed by atoms with Gasteiger partial charge in [-0.25, -0.2) is 12.8 Å². The number of sulfonamides is 1. The smallest absolute Gasteiger partial charge is 0.243 e. The lowest BCUT2D eigenvalue weighted by atomic mass is 10.1. The Bertz CT molecular complexity index is 1190. The Labute approximate surface area is 196 Å². The average Bonchev–Trinajstić information content (AvgIpc) is 2.75. The number of benzene rings is 3. The number of nitrogens with one attached hydrogen (secondary N) is 1. The molecule has 0 bridgehead atoms. The minimum absolute atomic E-state index is 0.0446. The Kier molecular flexibility index (Phi) is 7.90. The van der Waals surface area contributed by atoms with Gasteiger partial charge in [0, 0.05) is 22.2 Å². The summed E-state index contributed by atoms with van der Waals surface area (Å²) in [6.45, 7) is 0.980. The maximum absolute atomic E-state index is 14.2. The summed E-state index contributed by atoms with van der Waals surface area (Å²) in [6, 6.07) is 18.0. The molecule has 0 spiro atoms. The zero-order valence-electron chi connectivity index (χ0n) is 17.1. The molecule has 3 aromatic carbocycles. The van der Waals surface area contributed by atoms with Gasteiger partial charge in [0.05, 0.1) is 17.5 Å². The normalized spacial score (nSPS) is 12.5. The number of rotatable bonds is 8. The number of carbonyl (C=O) groups excluding carboxylic acids is 1. The lowest BCUT2D eigenvalue weighted by Gasteiger charge is -2.23. The molecule has 3 rings (SSSR count). The van der Waals surface area contributed by atoms with E-state index < -0.39 is 28.3 Å². The molecule has 1 atom stereocenters. The van der Waals surface area contributed by atoms with Crippen molar-refractivity contribution in [3.05, 3.63) is 99.8 Å². The second-order valence-electron chi connectivity index (χ2n) is 7.16. The predicted molar refractivity (Wildman–Crippen MR) is 123 cm³/mol. The first-order valence-corrected chi connectivity index (χ1v) is 11.9. The molecular weight excluding hydrogens is 474 g/mol. The molecule has 0 aromatic heterocycles. The van der Waals surface area contributed by atoms with Crippen LogP contribution in [0.3, 0.4) is 0 Å². The molecule has 0 saturated heterocycles. The van der Waals surface area contributed by atoms with Crippen LogP contribution < -0.4 is 5.32 Å². The molecule has 5 nitrogen and oxygen atoms in total. The van der Waals surface area contributed by atoms with Gasteiger partial charge in [-0.05, 0) is 55.0 Å². The number of halogens is 3. The van der Waals surface area contributed by atoms with E-state index in [1.54, 1.807) is 37.3 Å². The van der Waals surface area contributed by atoms with Gasteiger partial charge in [0.1, 0.15) is 5.82 Å². The molecule has 9 heteroatoms. The molecule has 1 amide bonds. The van der Waals surface area contributed by atoms with Crippen molar-refractivity contribution >= 4 is 39.1 Å². The molecule has 0 aliphatic heterocycles. The van der Waals surface area contributed by atoms with Gasteiger partial charge in [0.15, 0.2) is 0 Å². The fourth-order valence-corrected chi connectivity index (χ4v) is 4.71. The van der Waals surface area contributed by atoms with Crippen LogP contribution >= 0.6 is 23.2 Å². The summed E-state index contributed by atoms with van der Waals surface area (Å²) in [5.41, 5.74) is 0.965. The highest BCUT2D eigenvalue weighted by atomic mass is 35.5. The first kappa shape index (κ1) is 24.2. The van der Waals surface area contributed by atoms with Crippen LogP contribution in [0.5, 0.6) is 0 Å². The third-order valence-corrected chi connectivity index (χ3v) is 7.13. The second kappa shape index (κ2) is 10.4. The number of carbonyl (C=O) groups is 1. The van der Waals surface area contributed by atoms with Gasteiger partial charge in [0.2, 0.25) is 15.9 Å². The van der Waals surface area contributed by atoms with E-state index in [2.05, 4.69) is 5.32 Å². The Morgan fingerprint density at radius 3 is 2.12 bits per heavy atom. The van der Waals surface area contributed by atoms with E-state index in [0.29, 0.717) is 10.0 Å². The van der Waals surface area contributed by atoms with E-state index in [0.717, 1.165) is 9.87 Å². The Balaban J connectivity index is 1.84. The Morgan fingerprint density at radius 2 is 1.53 bits per heavy atom. The fraction of sp³-hybridized carbons (Fsp3) is 0.174. The predicted octanol–water partition coefficient (Wildman–Crippen LogP) is 5.20. The number of hydrogen-bond donors (Lipinski definition) is 1. The van der Waals surface area contributed by atoms with Gasteiger partial charge in [-0.2, -0.15) is 4.31 Å². The monoisotopic (exact) mass is 494 g/mol. The number of nitrogens with zero attached hydrogens (tertiary/aromatic N) is 1. The fourth-order valence-electron chi connectivity index (χ4n) is 3.08. The summed E-state index contributed by atoms with van der Waals surface area (Å²) >= 11 is 11.8. The summed E-state index contributed by atoms with van der Waals surface area (Å²) < 4.78 is 41.7. The van der Waals surface area contributed by atoms with Gasteiger partial charge < -0.3 is 5.32 Å². The summed E-state index contributed by atoms with van der Waals surface area (Å²) in [5, 5.41) is 3.72. The van der Waals surface area contributed by atoms with Crippen LogP contribution in [0.1, 0.15) is 24.1 Å². The van der Waals surface area contributed by atoms with Crippen LogP contribution in [0.25, 0.3) is 0 Å². The first-order valence-electron chi connectivity index (χ1n) is 9.71. The summed E-state index contributed by atoms with van der Waals surface area (Å²) in [5.74, 6) is -1.08. The lowest BCUT2D eigenvalue weighted by molar-refractivity contribution is -0.122. The lowest BCUT2D eigenvalue weighted by Crippen LogP contribution is -2.41. The summed E-state index contributed by atoms with van der Waals surface area (Å²) in [7, 11) is -4.10. The third-order valence-electron chi connectivity index (χ3n) is 4.82. The molecule has 168 valence electrons. The number of hydrogen-bond acceptors (Lipinski definition) is 3. The molecule has 0 aliphatic carbocycles. The topological polar surface area (TPSA) is 66.5 Å². The van der Waals surface area contributed by atoms with Gasteiger partial charge >= 0.3 is 0 Å². The summed E-state index contributed by atoms with van der Waals surface area (Å²) in [4.78, 5) is 12.7. The minimum atomic E-state index is -4.10. The average molecular weight is 495 g/mol. The zero-order valence-corrected chi connectivity index (χ0v) is 19.5. The van der Waals surface area contributed by atoms with E-state index in [9.17, 15) is 17.6 Å². The van der Waals surface area contributed by atoms with Crippen LogP contribution in [-0.2, 0) is 21.4 Å². The van der Waals surface area contributed by atoms with E-state index in [-0.39, 0.29) is 23.0 Å². The second-order valence-corrected chi connectivity index (χ2v) is 9.97. The molecule has 32 heavy (non-hydrogen) atoms. The van der Waals surface area contributed by atoms with E-state index in [1.165, 1.54) is 42.5 Å². The van der Waals surface area contributed by atoms with Crippen molar-refractivity contribution < 1.29 is 17.6 Å². The van der Waals surface area contributed by atoms with Crippen molar-refractivity contribution in [3.8, 4) is 0 Å². The maximum atomic E-state index is 14.2. The highest BCUT2D eigenvalue weighted by molar-refractivity contribution is 7.89. The van der Waals surface area contributed by atoms with Crippen molar-refractivity contribution in [3.63, 3.8) is 0 Å². The molecule has 0 unspecified atom stereocenters. The molecule has 0 fully saturated rings. The van der Waals surface area contributed by atoms with Crippen LogP contribution in [0.2, 0.25) is 10.0 Å². The standard InChI is InChI=1S/C23H21Cl2FN2O3S/c1-16(17-6-8-19(24)9-7-17)27-23(29)15-28(14-18-4-2-3-5-22(18)26)32(30,31)21-12-10-20(25)11-13-21/h2-13,16H,14-15H2,1H3,(H,27,29)/t16-/m1/s1. The molecule has 3 aromatic rings. The van der Waals surface area contributed by atoms with Crippen LogP contribution in [0.4, 0.5) is 4.39 Å². The zero-order chi connectivity index (χ0) is 23.3. The SMILES string of the molecule is C[C@@H](NC(=O)CN(Cc1ccccc1F)S(=O)(=O)c1ccc(Cl)cc1)c1ccc(Cl)cc1. The van der Waals surface area contributed by atoms with Crippen molar-refractivity contribution in [1.82, 2.24) is 9.62 Å². The van der Waals surface area contributed by atoms with Gasteiger partial charge in [-0.1, -0.05) is 53.5 Å². The van der Waals surface area contributed by atoms with Crippen molar-refractivity contribution in [2.75, 3.05) is 6.54 Å². The highest BCUT2D eigenvalue weighted by Crippen LogP contribution is 2.22. The number of amides is 1. The molecular formula is C23H21Cl2FN2O3S. The quantitative estimate of drug-likeness (QED) is 0.467. The maximum Gasteiger partial charge on any atom is 0.243 e. The molecule has 0 saturated carbocycles. The first-order chi connectivity index (χ1) is 15.2. The molecule has 0 heterocycles. The Morgan fingerprint density at radius 1 is 0.969 bits per heavy atom. The van der Waals surface area contributed by atoms with E-state index >= 15 is 0 Å². The van der Waals surface area contributed by atoms with Gasteiger partial charge in [0.25, 0.3) is 0 Å². The molecule has 1 N–H and O–H groups in total. The van der Waals surface area contributed by atoms with Gasteiger partial charge in [-0.3, -0.25) is 4.79 Å².